The fraction of sp³-hybridized carbons (Fsp3) is 0.105. The standard InChI is InChI=1S/C19H16N4O4S/c1-11-17(28-19(20-11)14-5-9-16(24)10-6-14)12(2)21-22-18(25)13-3-7-15(8-4-13)23(26)27/h3-10,24H,1-2H3,(H,22,25)/b21-12+. The van der Waals surface area contributed by atoms with Gasteiger partial charge in [-0.15, -0.1) is 11.3 Å². The summed E-state index contributed by atoms with van der Waals surface area (Å²) < 4.78 is 0. The zero-order valence-corrected chi connectivity index (χ0v) is 15.9. The maximum atomic E-state index is 12.2. The summed E-state index contributed by atoms with van der Waals surface area (Å²) in [4.78, 5) is 27.7. The lowest BCUT2D eigenvalue weighted by Gasteiger charge is -2.02. The van der Waals surface area contributed by atoms with Crippen LogP contribution in [0.3, 0.4) is 0 Å². The van der Waals surface area contributed by atoms with Gasteiger partial charge in [0.05, 0.1) is 21.2 Å². The molecule has 0 bridgehead atoms. The molecule has 142 valence electrons. The summed E-state index contributed by atoms with van der Waals surface area (Å²) in [5.74, 6) is -0.279. The summed E-state index contributed by atoms with van der Waals surface area (Å²) in [5.41, 5.74) is 4.89. The third kappa shape index (κ3) is 4.21. The number of phenolic OH excluding ortho intramolecular Hbond substituents is 1. The number of thiazole rings is 1. The predicted octanol–water partition coefficient (Wildman–Crippen LogP) is 3.89. The van der Waals surface area contributed by atoms with E-state index < -0.39 is 10.8 Å². The maximum Gasteiger partial charge on any atom is 0.271 e. The lowest BCUT2D eigenvalue weighted by molar-refractivity contribution is -0.384. The number of hydrogen-bond acceptors (Lipinski definition) is 7. The molecule has 0 aliphatic heterocycles. The number of phenols is 1. The number of hydrazone groups is 1. The molecule has 1 amide bonds. The number of hydrogen-bond donors (Lipinski definition) is 2. The van der Waals surface area contributed by atoms with Crippen LogP contribution in [0.2, 0.25) is 0 Å². The molecule has 2 N–H and O–H groups in total. The molecule has 0 radical (unpaired) electrons. The number of benzene rings is 2. The third-order valence-electron chi connectivity index (χ3n) is 3.90. The van der Waals surface area contributed by atoms with E-state index in [1.54, 1.807) is 31.2 Å². The van der Waals surface area contributed by atoms with Crippen molar-refractivity contribution in [2.45, 2.75) is 13.8 Å². The molecule has 0 spiro atoms. The Labute approximate surface area is 164 Å². The highest BCUT2D eigenvalue weighted by molar-refractivity contribution is 7.17. The SMILES string of the molecule is C/C(=N\NC(=O)c1ccc([N+](=O)[O-])cc1)c1sc(-c2ccc(O)cc2)nc1C. The van der Waals surface area contributed by atoms with E-state index in [4.69, 9.17) is 0 Å². The average molecular weight is 396 g/mol. The Hall–Kier alpha value is -3.59. The van der Waals surface area contributed by atoms with Gasteiger partial charge in [0.2, 0.25) is 0 Å². The van der Waals surface area contributed by atoms with Gasteiger partial charge < -0.3 is 5.11 Å². The molecule has 0 aliphatic carbocycles. The molecule has 3 rings (SSSR count). The fourth-order valence-electron chi connectivity index (χ4n) is 2.44. The Balaban J connectivity index is 1.75. The molecule has 0 unspecified atom stereocenters. The van der Waals surface area contributed by atoms with Crippen LogP contribution in [0.5, 0.6) is 5.75 Å². The van der Waals surface area contributed by atoms with Crippen LogP contribution < -0.4 is 5.43 Å². The van der Waals surface area contributed by atoms with Crippen molar-refractivity contribution in [2.24, 2.45) is 5.10 Å². The maximum absolute atomic E-state index is 12.2. The molecule has 0 atom stereocenters. The third-order valence-corrected chi connectivity index (χ3v) is 5.22. The first-order chi connectivity index (χ1) is 13.3. The van der Waals surface area contributed by atoms with Crippen molar-refractivity contribution in [1.29, 1.82) is 0 Å². The van der Waals surface area contributed by atoms with Crippen molar-refractivity contribution in [3.8, 4) is 16.3 Å². The summed E-state index contributed by atoms with van der Waals surface area (Å²) in [6.45, 7) is 3.62. The van der Waals surface area contributed by atoms with Crippen molar-refractivity contribution in [3.05, 3.63) is 74.8 Å². The molecular formula is C19H16N4O4S. The normalized spacial score (nSPS) is 11.3. The van der Waals surface area contributed by atoms with Gasteiger partial charge in [-0.05, 0) is 50.2 Å². The predicted molar refractivity (Wildman–Crippen MR) is 107 cm³/mol. The summed E-state index contributed by atoms with van der Waals surface area (Å²) in [5, 5.41) is 25.0. The number of nitrogens with one attached hydrogen (secondary N) is 1. The van der Waals surface area contributed by atoms with Gasteiger partial charge >= 0.3 is 0 Å². The van der Waals surface area contributed by atoms with Crippen molar-refractivity contribution >= 4 is 28.6 Å². The molecule has 0 saturated heterocycles. The van der Waals surface area contributed by atoms with E-state index in [9.17, 15) is 20.0 Å². The number of carbonyl (C=O) groups excluding carboxylic acids is 1. The Kier molecular flexibility index (Phi) is 5.46. The fourth-order valence-corrected chi connectivity index (χ4v) is 3.46. The highest BCUT2D eigenvalue weighted by atomic mass is 32.1. The van der Waals surface area contributed by atoms with E-state index in [-0.39, 0.29) is 17.0 Å². The Morgan fingerprint density at radius 1 is 1.18 bits per heavy atom. The second-order valence-corrected chi connectivity index (χ2v) is 6.92. The zero-order chi connectivity index (χ0) is 20.3. The van der Waals surface area contributed by atoms with Crippen molar-refractivity contribution in [2.75, 3.05) is 0 Å². The minimum Gasteiger partial charge on any atom is -0.508 e. The number of nitro groups is 1. The van der Waals surface area contributed by atoms with E-state index in [1.807, 2.05) is 6.92 Å². The highest BCUT2D eigenvalue weighted by Gasteiger charge is 2.13. The number of aromatic nitrogens is 1. The second kappa shape index (κ2) is 7.97. The van der Waals surface area contributed by atoms with Crippen LogP contribution in [0, 0.1) is 17.0 Å². The van der Waals surface area contributed by atoms with Gasteiger partial charge in [-0.25, -0.2) is 10.4 Å². The Morgan fingerprint density at radius 2 is 1.82 bits per heavy atom. The summed E-state index contributed by atoms with van der Waals surface area (Å²) in [7, 11) is 0. The molecule has 9 heteroatoms. The Bertz CT molecular complexity index is 1060. The zero-order valence-electron chi connectivity index (χ0n) is 15.0. The van der Waals surface area contributed by atoms with Gasteiger partial charge in [-0.2, -0.15) is 5.10 Å². The number of non-ortho nitro benzene ring substituents is 1. The van der Waals surface area contributed by atoms with E-state index in [0.29, 0.717) is 5.71 Å². The second-order valence-electron chi connectivity index (χ2n) is 5.92. The van der Waals surface area contributed by atoms with Crippen LogP contribution >= 0.6 is 11.3 Å². The summed E-state index contributed by atoms with van der Waals surface area (Å²) >= 11 is 1.43. The van der Waals surface area contributed by atoms with E-state index in [0.717, 1.165) is 21.1 Å². The van der Waals surface area contributed by atoms with Gasteiger partial charge in [0, 0.05) is 23.3 Å². The monoisotopic (exact) mass is 396 g/mol. The number of aryl methyl sites for hydroxylation is 1. The topological polar surface area (TPSA) is 118 Å². The molecule has 0 saturated carbocycles. The molecule has 3 aromatic rings. The van der Waals surface area contributed by atoms with Crippen LogP contribution in [-0.2, 0) is 0 Å². The summed E-state index contributed by atoms with van der Waals surface area (Å²) in [6, 6.07) is 12.0. The molecule has 2 aromatic carbocycles. The first-order valence-electron chi connectivity index (χ1n) is 8.21. The number of amides is 1. The van der Waals surface area contributed by atoms with Crippen molar-refractivity contribution in [3.63, 3.8) is 0 Å². The first kappa shape index (κ1) is 19.2. The molecular weight excluding hydrogens is 380 g/mol. The average Bonchev–Trinajstić information content (AvgIpc) is 3.08. The lowest BCUT2D eigenvalue weighted by Crippen LogP contribution is -2.19. The number of nitrogens with zero attached hydrogens (tertiary/aromatic N) is 3. The minimum absolute atomic E-state index is 0.0849. The van der Waals surface area contributed by atoms with Gasteiger partial charge in [0.1, 0.15) is 10.8 Å². The summed E-state index contributed by atoms with van der Waals surface area (Å²) in [6.07, 6.45) is 0. The van der Waals surface area contributed by atoms with E-state index in [2.05, 4.69) is 15.5 Å². The molecule has 0 fully saturated rings. The molecule has 1 heterocycles. The molecule has 8 nitrogen and oxygen atoms in total. The molecule has 28 heavy (non-hydrogen) atoms. The van der Waals surface area contributed by atoms with Crippen LogP contribution in [-0.4, -0.2) is 26.6 Å². The number of nitro benzene ring substituents is 1. The van der Waals surface area contributed by atoms with Crippen molar-refractivity contribution in [1.82, 2.24) is 10.4 Å². The number of carbonyl (C=O) groups is 1. The van der Waals surface area contributed by atoms with Gasteiger partial charge in [-0.1, -0.05) is 0 Å². The number of aromatic hydroxyl groups is 1. The number of rotatable bonds is 5. The van der Waals surface area contributed by atoms with Gasteiger partial charge in [-0.3, -0.25) is 14.9 Å². The molecule has 0 aliphatic rings. The Morgan fingerprint density at radius 3 is 2.43 bits per heavy atom. The highest BCUT2D eigenvalue weighted by Crippen LogP contribution is 2.29. The van der Waals surface area contributed by atoms with Crippen LogP contribution in [0.25, 0.3) is 10.6 Å². The van der Waals surface area contributed by atoms with Crippen LogP contribution in [0.15, 0.2) is 53.6 Å². The van der Waals surface area contributed by atoms with Gasteiger partial charge in [0.15, 0.2) is 0 Å². The quantitative estimate of drug-likeness (QED) is 0.385. The molecule has 1 aromatic heterocycles. The van der Waals surface area contributed by atoms with Crippen LogP contribution in [0.1, 0.15) is 27.9 Å². The van der Waals surface area contributed by atoms with Crippen molar-refractivity contribution < 1.29 is 14.8 Å². The van der Waals surface area contributed by atoms with Crippen LogP contribution in [0.4, 0.5) is 5.69 Å². The largest absolute Gasteiger partial charge is 0.508 e. The first-order valence-corrected chi connectivity index (χ1v) is 9.03. The van der Waals surface area contributed by atoms with Gasteiger partial charge in [0.25, 0.3) is 11.6 Å². The smallest absolute Gasteiger partial charge is 0.271 e. The minimum atomic E-state index is -0.526. The van der Waals surface area contributed by atoms with E-state index >= 15 is 0 Å². The van der Waals surface area contributed by atoms with E-state index in [1.165, 1.54) is 35.6 Å². The lowest BCUT2D eigenvalue weighted by atomic mass is 10.2.